The monoisotopic (exact) mass is 376 g/mol. The van der Waals surface area contributed by atoms with Gasteiger partial charge in [0.05, 0.1) is 16.8 Å². The van der Waals surface area contributed by atoms with Gasteiger partial charge in [-0.1, -0.05) is 23.5 Å². The molecule has 2 aromatic rings. The fraction of sp³-hybridized carbons (Fsp3) is 0.600. The number of piperidine rings is 1. The summed E-state index contributed by atoms with van der Waals surface area (Å²) in [6.45, 7) is 7.15. The Morgan fingerprint density at radius 2 is 2.12 bits per heavy atom. The van der Waals surface area contributed by atoms with Crippen LogP contribution in [0.3, 0.4) is 0 Å². The maximum absolute atomic E-state index is 12.4. The molecule has 3 rings (SSSR count). The summed E-state index contributed by atoms with van der Waals surface area (Å²) in [7, 11) is 0. The van der Waals surface area contributed by atoms with Crippen molar-refractivity contribution in [2.75, 3.05) is 13.2 Å². The Labute approximate surface area is 159 Å². The summed E-state index contributed by atoms with van der Waals surface area (Å²) in [5.74, 6) is 0. The largest absolute Gasteiger partial charge is 0.470 e. The van der Waals surface area contributed by atoms with Crippen LogP contribution in [0.15, 0.2) is 24.3 Å². The fourth-order valence-electron chi connectivity index (χ4n) is 3.25. The molecular weight excluding hydrogens is 348 g/mol. The predicted octanol–water partition coefficient (Wildman–Crippen LogP) is 5.24. The summed E-state index contributed by atoms with van der Waals surface area (Å²) in [6, 6.07) is 8.30. The molecule has 0 saturated carbocycles. The standard InChI is InChI=1S/C20H28N2O3S/c1-20(2,3)25-19(23)22-13-7-6-9-15(22)10-8-14-24-18-21-16-11-4-5-12-17(16)26-18/h4-5,11-12,15H,6-10,13-14H2,1-3H3. The summed E-state index contributed by atoms with van der Waals surface area (Å²) in [6.07, 6.45) is 4.92. The molecule has 1 aromatic carbocycles. The van der Waals surface area contributed by atoms with Gasteiger partial charge in [-0.15, -0.1) is 0 Å². The lowest BCUT2D eigenvalue weighted by Gasteiger charge is -2.36. The number of thiazole rings is 1. The van der Waals surface area contributed by atoms with Crippen LogP contribution in [0.5, 0.6) is 5.19 Å². The molecule has 0 radical (unpaired) electrons. The van der Waals surface area contributed by atoms with Crippen LogP contribution in [-0.4, -0.2) is 40.8 Å². The third-order valence-corrected chi connectivity index (χ3v) is 5.39. The van der Waals surface area contributed by atoms with Crippen molar-refractivity contribution in [3.05, 3.63) is 24.3 Å². The van der Waals surface area contributed by atoms with Crippen molar-refractivity contribution in [2.24, 2.45) is 0 Å². The van der Waals surface area contributed by atoms with E-state index in [2.05, 4.69) is 11.1 Å². The molecule has 0 N–H and O–H groups in total. The molecule has 1 aliphatic heterocycles. The normalized spacial score (nSPS) is 18.1. The van der Waals surface area contributed by atoms with Crippen LogP contribution in [-0.2, 0) is 4.74 Å². The molecule has 1 saturated heterocycles. The summed E-state index contributed by atoms with van der Waals surface area (Å²) in [4.78, 5) is 18.8. The second-order valence-corrected chi connectivity index (χ2v) is 8.75. The number of aromatic nitrogens is 1. The summed E-state index contributed by atoms with van der Waals surface area (Å²) in [5.41, 5.74) is 0.533. The molecule has 0 bridgehead atoms. The van der Waals surface area contributed by atoms with Gasteiger partial charge in [0, 0.05) is 12.6 Å². The van der Waals surface area contributed by atoms with Crippen LogP contribution >= 0.6 is 11.3 Å². The third-order valence-electron chi connectivity index (χ3n) is 4.44. The van der Waals surface area contributed by atoms with Gasteiger partial charge in [-0.25, -0.2) is 9.78 Å². The lowest BCUT2D eigenvalue weighted by molar-refractivity contribution is 0.00824. The van der Waals surface area contributed by atoms with Gasteiger partial charge in [0.2, 0.25) is 0 Å². The predicted molar refractivity (Wildman–Crippen MR) is 105 cm³/mol. The Kier molecular flexibility index (Phi) is 6.01. The first-order chi connectivity index (χ1) is 12.4. The highest BCUT2D eigenvalue weighted by molar-refractivity contribution is 7.20. The number of hydrogen-bond acceptors (Lipinski definition) is 5. The molecule has 26 heavy (non-hydrogen) atoms. The summed E-state index contributed by atoms with van der Waals surface area (Å²) >= 11 is 1.58. The van der Waals surface area contributed by atoms with E-state index in [0.29, 0.717) is 6.61 Å². The van der Waals surface area contributed by atoms with Gasteiger partial charge in [-0.05, 0) is 65.0 Å². The molecule has 6 heteroatoms. The highest BCUT2D eigenvalue weighted by atomic mass is 32.1. The van der Waals surface area contributed by atoms with Crippen LogP contribution in [0.1, 0.15) is 52.9 Å². The molecule has 1 amide bonds. The zero-order chi connectivity index (χ0) is 18.6. The van der Waals surface area contributed by atoms with Crippen LogP contribution in [0.25, 0.3) is 10.2 Å². The number of likely N-dealkylation sites (tertiary alicyclic amines) is 1. The molecule has 0 spiro atoms. The molecule has 142 valence electrons. The highest BCUT2D eigenvalue weighted by Gasteiger charge is 2.30. The molecule has 2 heterocycles. The van der Waals surface area contributed by atoms with E-state index in [-0.39, 0.29) is 12.1 Å². The maximum atomic E-state index is 12.4. The topological polar surface area (TPSA) is 51.7 Å². The van der Waals surface area contributed by atoms with Crippen molar-refractivity contribution in [2.45, 2.75) is 64.5 Å². The van der Waals surface area contributed by atoms with E-state index in [0.717, 1.165) is 47.6 Å². The lowest BCUT2D eigenvalue weighted by Crippen LogP contribution is -2.46. The summed E-state index contributed by atoms with van der Waals surface area (Å²) in [5, 5.41) is 0.721. The van der Waals surface area contributed by atoms with E-state index in [1.165, 1.54) is 6.42 Å². The molecular formula is C20H28N2O3S. The molecule has 1 atom stereocenters. The number of hydrogen-bond donors (Lipinski definition) is 0. The van der Waals surface area contributed by atoms with Crippen LogP contribution in [0, 0.1) is 0 Å². The Morgan fingerprint density at radius 3 is 2.88 bits per heavy atom. The summed E-state index contributed by atoms with van der Waals surface area (Å²) < 4.78 is 12.5. The number of carbonyl (C=O) groups excluding carboxylic acids is 1. The zero-order valence-electron chi connectivity index (χ0n) is 15.9. The van der Waals surface area contributed by atoms with E-state index < -0.39 is 5.60 Å². The second kappa shape index (κ2) is 8.25. The minimum atomic E-state index is -0.449. The third kappa shape index (κ3) is 5.10. The van der Waals surface area contributed by atoms with Crippen molar-refractivity contribution in [1.29, 1.82) is 0 Å². The first kappa shape index (κ1) is 19.0. The van der Waals surface area contributed by atoms with Gasteiger partial charge in [0.25, 0.3) is 5.19 Å². The van der Waals surface area contributed by atoms with Crippen molar-refractivity contribution in [3.8, 4) is 5.19 Å². The smallest absolute Gasteiger partial charge is 0.410 e. The lowest BCUT2D eigenvalue weighted by atomic mass is 9.98. The SMILES string of the molecule is CC(C)(C)OC(=O)N1CCCCC1CCCOc1nc2ccccc2s1. The van der Waals surface area contributed by atoms with E-state index in [1.54, 1.807) is 11.3 Å². The number of amides is 1. The quantitative estimate of drug-likeness (QED) is 0.669. The van der Waals surface area contributed by atoms with Crippen molar-refractivity contribution < 1.29 is 14.3 Å². The number of nitrogens with zero attached hydrogens (tertiary/aromatic N) is 2. The van der Waals surface area contributed by atoms with Gasteiger partial charge in [0.15, 0.2) is 0 Å². The van der Waals surface area contributed by atoms with Gasteiger partial charge in [0.1, 0.15) is 5.60 Å². The number of benzene rings is 1. The van der Waals surface area contributed by atoms with Gasteiger partial charge in [-0.2, -0.15) is 0 Å². The second-order valence-electron chi connectivity index (χ2n) is 7.76. The molecule has 0 aliphatic carbocycles. The van der Waals surface area contributed by atoms with Crippen LogP contribution in [0.4, 0.5) is 4.79 Å². The Balaban J connectivity index is 1.48. The van der Waals surface area contributed by atoms with Crippen LogP contribution < -0.4 is 4.74 Å². The Morgan fingerprint density at radius 1 is 1.31 bits per heavy atom. The molecule has 1 fully saturated rings. The highest BCUT2D eigenvalue weighted by Crippen LogP contribution is 2.28. The maximum Gasteiger partial charge on any atom is 0.410 e. The van der Waals surface area contributed by atoms with Crippen molar-refractivity contribution in [1.82, 2.24) is 9.88 Å². The van der Waals surface area contributed by atoms with Gasteiger partial charge in [-0.3, -0.25) is 0 Å². The number of rotatable bonds is 5. The van der Waals surface area contributed by atoms with Gasteiger partial charge >= 0.3 is 6.09 Å². The molecule has 1 aliphatic rings. The van der Waals surface area contributed by atoms with Crippen molar-refractivity contribution >= 4 is 27.6 Å². The number of ether oxygens (including phenoxy) is 2. The van der Waals surface area contributed by atoms with E-state index in [1.807, 2.05) is 43.9 Å². The average Bonchev–Trinajstić information content (AvgIpc) is 3.00. The van der Waals surface area contributed by atoms with E-state index in [9.17, 15) is 4.79 Å². The Bertz CT molecular complexity index is 705. The number of fused-ring (bicyclic) bond motifs is 1. The average molecular weight is 377 g/mol. The van der Waals surface area contributed by atoms with Crippen LogP contribution in [0.2, 0.25) is 0 Å². The Hall–Kier alpha value is -1.82. The molecule has 1 aromatic heterocycles. The van der Waals surface area contributed by atoms with Crippen molar-refractivity contribution in [3.63, 3.8) is 0 Å². The first-order valence-electron chi connectivity index (χ1n) is 9.40. The zero-order valence-corrected chi connectivity index (χ0v) is 16.7. The minimum absolute atomic E-state index is 0.186. The number of carbonyl (C=O) groups is 1. The molecule has 5 nitrogen and oxygen atoms in total. The van der Waals surface area contributed by atoms with E-state index >= 15 is 0 Å². The van der Waals surface area contributed by atoms with E-state index in [4.69, 9.17) is 9.47 Å². The minimum Gasteiger partial charge on any atom is -0.470 e. The first-order valence-corrected chi connectivity index (χ1v) is 10.2. The van der Waals surface area contributed by atoms with Gasteiger partial charge < -0.3 is 14.4 Å². The number of para-hydroxylation sites is 1. The fourth-order valence-corrected chi connectivity index (χ4v) is 4.09. The molecule has 1 unspecified atom stereocenters.